The lowest BCUT2D eigenvalue weighted by atomic mass is 10.0. The van der Waals surface area contributed by atoms with E-state index >= 15 is 0 Å². The Kier molecular flexibility index (Phi) is 23.3. The number of rotatable bonds is 20. The molecule has 0 aliphatic carbocycles. The number of unbranched alkanes of at least 4 members (excludes halogenated alkanes) is 17. The molecule has 0 aromatic rings. The first-order valence-corrected chi connectivity index (χ1v) is 14.7. The van der Waals surface area contributed by atoms with E-state index in [2.05, 4.69) is 22.4 Å². The number of hydrogen-bond donors (Lipinski definition) is 0. The summed E-state index contributed by atoms with van der Waals surface area (Å²) in [5, 5.41) is 0. The molecule has 0 bridgehead atoms. The van der Waals surface area contributed by atoms with E-state index < -0.39 is 6.20 Å². The summed E-state index contributed by atoms with van der Waals surface area (Å²) in [7, 11) is 0. The quantitative estimate of drug-likeness (QED) is 0.134. The molecule has 4 heteroatoms. The molecule has 0 N–H and O–H groups in total. The van der Waals surface area contributed by atoms with Crippen LogP contribution in [0.2, 0.25) is 0 Å². The number of hydrogen-bond acceptors (Lipinski definition) is 1. The summed E-state index contributed by atoms with van der Waals surface area (Å²) in [5.41, 5.74) is 0. The zero-order valence-electron chi connectivity index (χ0n) is 16.0. The van der Waals surface area contributed by atoms with Crippen molar-refractivity contribution in [1.82, 2.24) is 0 Å². The van der Waals surface area contributed by atoms with Gasteiger partial charge in [-0.15, -0.1) is 0 Å². The van der Waals surface area contributed by atoms with Gasteiger partial charge >= 0.3 is 0 Å². The summed E-state index contributed by atoms with van der Waals surface area (Å²) < 4.78 is 5.32. The maximum Gasteiger partial charge on any atom is 0.197 e. The van der Waals surface area contributed by atoms with E-state index in [1.807, 2.05) is 0 Å². The largest absolute Gasteiger partial charge is 0.335 e. The van der Waals surface area contributed by atoms with Gasteiger partial charge < -0.3 is 4.52 Å². The molecule has 0 aliphatic rings. The molecule has 1 nitrogen and oxygen atoms in total. The maximum atomic E-state index is 5.72. The normalized spacial score (nSPS) is 12.6. The highest BCUT2D eigenvalue weighted by molar-refractivity contribution is 9.41. The Labute approximate surface area is 166 Å². The Morgan fingerprint density at radius 3 is 1.17 bits per heavy atom. The minimum atomic E-state index is -0.861. The van der Waals surface area contributed by atoms with Crippen LogP contribution in [0.3, 0.4) is 0 Å². The second-order valence-corrected chi connectivity index (χ2v) is 11.8. The van der Waals surface area contributed by atoms with Gasteiger partial charge in [0.05, 0.1) is 6.61 Å². The predicted molar refractivity (Wildman–Crippen MR) is 116 cm³/mol. The van der Waals surface area contributed by atoms with Gasteiger partial charge in [0.15, 0.2) is 6.20 Å². The molecular formula is C20H41BrClOP. The molecule has 0 saturated heterocycles. The van der Waals surface area contributed by atoms with E-state index in [-0.39, 0.29) is 0 Å². The molecule has 1 atom stereocenters. The van der Waals surface area contributed by atoms with E-state index in [0.717, 1.165) is 13.0 Å². The van der Waals surface area contributed by atoms with Crippen molar-refractivity contribution in [1.29, 1.82) is 0 Å². The van der Waals surface area contributed by atoms with Crippen LogP contribution in [-0.4, -0.2) is 6.61 Å². The van der Waals surface area contributed by atoms with Crippen LogP contribution in [0.5, 0.6) is 0 Å². The van der Waals surface area contributed by atoms with Crippen molar-refractivity contribution in [3.05, 3.63) is 0 Å². The molecule has 0 spiro atoms. The molecule has 0 rings (SSSR count). The van der Waals surface area contributed by atoms with Crippen molar-refractivity contribution < 1.29 is 4.52 Å². The summed E-state index contributed by atoms with van der Waals surface area (Å²) in [6.45, 7) is 3.10. The molecule has 146 valence electrons. The van der Waals surface area contributed by atoms with Gasteiger partial charge in [-0.05, 0) is 21.9 Å². The van der Waals surface area contributed by atoms with Gasteiger partial charge in [-0.3, -0.25) is 0 Å². The van der Waals surface area contributed by atoms with Crippen molar-refractivity contribution >= 4 is 32.9 Å². The number of halogens is 2. The third-order valence-electron chi connectivity index (χ3n) is 4.69. The molecule has 0 amide bonds. The van der Waals surface area contributed by atoms with E-state index in [0.29, 0.717) is 0 Å². The van der Waals surface area contributed by atoms with E-state index in [1.54, 1.807) is 0 Å². The van der Waals surface area contributed by atoms with Gasteiger partial charge in [0.25, 0.3) is 0 Å². The van der Waals surface area contributed by atoms with Gasteiger partial charge in [-0.1, -0.05) is 127 Å². The molecule has 0 aromatic heterocycles. The fraction of sp³-hybridized carbons (Fsp3) is 1.00. The van der Waals surface area contributed by atoms with Crippen LogP contribution in [0.25, 0.3) is 0 Å². The minimum Gasteiger partial charge on any atom is -0.335 e. The highest BCUT2D eigenvalue weighted by atomic mass is 79.9. The van der Waals surface area contributed by atoms with E-state index in [1.165, 1.54) is 109 Å². The van der Waals surface area contributed by atoms with Gasteiger partial charge in [0.2, 0.25) is 0 Å². The Bertz CT molecular complexity index is 230. The SMILES string of the molecule is CCCCCCCCCCCCCCCCCCCCOP(Cl)Br. The second-order valence-electron chi connectivity index (χ2n) is 7.05. The molecule has 1 unspecified atom stereocenters. The average Bonchev–Trinajstić information content (AvgIpc) is 2.56. The molecular weight excluding hydrogens is 403 g/mol. The predicted octanol–water partition coefficient (Wildman–Crippen LogP) is 9.91. The van der Waals surface area contributed by atoms with E-state index in [4.69, 9.17) is 15.8 Å². The Morgan fingerprint density at radius 2 is 0.875 bits per heavy atom. The van der Waals surface area contributed by atoms with Crippen molar-refractivity contribution in [2.24, 2.45) is 0 Å². The smallest absolute Gasteiger partial charge is 0.197 e. The zero-order chi connectivity index (χ0) is 17.7. The topological polar surface area (TPSA) is 9.23 Å². The molecule has 0 aromatic carbocycles. The van der Waals surface area contributed by atoms with Gasteiger partial charge in [0.1, 0.15) is 0 Å². The Balaban J connectivity index is 2.95. The maximum absolute atomic E-state index is 5.72. The van der Waals surface area contributed by atoms with Crippen molar-refractivity contribution in [3.63, 3.8) is 0 Å². The average molecular weight is 444 g/mol. The lowest BCUT2D eigenvalue weighted by Gasteiger charge is -2.04. The van der Waals surface area contributed by atoms with Crippen LogP contribution in [-0.2, 0) is 4.52 Å². The monoisotopic (exact) mass is 442 g/mol. The standard InChI is InChI=1S/C20H41BrClOP/c1-2-3-4-5-6-7-8-9-10-11-12-13-14-15-16-17-18-19-20-23-24(21)22/h2-20H2,1H3. The minimum absolute atomic E-state index is 0.805. The summed E-state index contributed by atoms with van der Waals surface area (Å²) >= 11 is 8.95. The van der Waals surface area contributed by atoms with Crippen molar-refractivity contribution in [2.75, 3.05) is 6.61 Å². The fourth-order valence-electron chi connectivity index (χ4n) is 3.14. The molecule has 0 heterocycles. The molecule has 0 saturated carbocycles. The first-order chi connectivity index (χ1) is 11.8. The lowest BCUT2D eigenvalue weighted by Crippen LogP contribution is -1.87. The molecule has 0 fully saturated rings. The fourth-order valence-corrected chi connectivity index (χ4v) is 4.05. The Hall–Kier alpha value is 1.16. The van der Waals surface area contributed by atoms with Crippen LogP contribution >= 0.6 is 32.9 Å². The summed E-state index contributed by atoms with van der Waals surface area (Å²) in [6, 6.07) is 0. The third-order valence-corrected chi connectivity index (χ3v) is 5.97. The van der Waals surface area contributed by atoms with Crippen molar-refractivity contribution in [2.45, 2.75) is 122 Å². The molecule has 0 aliphatic heterocycles. The summed E-state index contributed by atoms with van der Waals surface area (Å²) in [4.78, 5) is 0. The van der Waals surface area contributed by atoms with Crippen LogP contribution in [0, 0.1) is 0 Å². The van der Waals surface area contributed by atoms with Gasteiger partial charge in [-0.25, -0.2) is 0 Å². The summed E-state index contributed by atoms with van der Waals surface area (Å²) in [5.74, 6) is 0. The third kappa shape index (κ3) is 23.2. The van der Waals surface area contributed by atoms with Crippen LogP contribution in [0.15, 0.2) is 0 Å². The van der Waals surface area contributed by atoms with Gasteiger partial charge in [-0.2, -0.15) is 0 Å². The first-order valence-electron chi connectivity index (χ1n) is 10.5. The Morgan fingerprint density at radius 1 is 0.583 bits per heavy atom. The zero-order valence-corrected chi connectivity index (χ0v) is 19.3. The van der Waals surface area contributed by atoms with E-state index in [9.17, 15) is 0 Å². The molecule has 24 heavy (non-hydrogen) atoms. The molecule has 0 radical (unpaired) electrons. The van der Waals surface area contributed by atoms with Crippen LogP contribution < -0.4 is 0 Å². The highest BCUT2D eigenvalue weighted by Gasteiger charge is 1.98. The highest BCUT2D eigenvalue weighted by Crippen LogP contribution is 2.50. The van der Waals surface area contributed by atoms with Gasteiger partial charge in [0, 0.05) is 0 Å². The van der Waals surface area contributed by atoms with Crippen LogP contribution in [0.4, 0.5) is 0 Å². The lowest BCUT2D eigenvalue weighted by molar-refractivity contribution is 0.348. The second kappa shape index (κ2) is 22.2. The summed E-state index contributed by atoms with van der Waals surface area (Å²) in [6.07, 6.45) is 24.6. The van der Waals surface area contributed by atoms with Crippen molar-refractivity contribution in [3.8, 4) is 0 Å². The first kappa shape index (κ1) is 25.2. The van der Waals surface area contributed by atoms with Crippen LogP contribution in [0.1, 0.15) is 122 Å².